The van der Waals surface area contributed by atoms with E-state index in [1.165, 1.54) is 38.1 Å². The minimum absolute atomic E-state index is 0.0624. The average Bonchev–Trinajstić information content (AvgIpc) is 2.58. The lowest BCUT2D eigenvalue weighted by atomic mass is 9.79. The van der Waals surface area contributed by atoms with Gasteiger partial charge in [-0.3, -0.25) is 14.9 Å². The van der Waals surface area contributed by atoms with Gasteiger partial charge in [-0.15, -0.1) is 0 Å². The highest BCUT2D eigenvalue weighted by atomic mass is 32.2. The van der Waals surface area contributed by atoms with Crippen LogP contribution in [-0.2, 0) is 19.6 Å². The third-order valence-corrected chi connectivity index (χ3v) is 5.91. The molecule has 0 radical (unpaired) electrons. The molecule has 1 aromatic rings. The van der Waals surface area contributed by atoms with Crippen LogP contribution >= 0.6 is 0 Å². The van der Waals surface area contributed by atoms with Gasteiger partial charge in [-0.25, -0.2) is 17.9 Å². The Balaban J connectivity index is 2.63. The third kappa shape index (κ3) is 5.10. The first-order chi connectivity index (χ1) is 13.8. The van der Waals surface area contributed by atoms with Crippen molar-refractivity contribution < 1.29 is 28.0 Å². The molecule has 162 valence electrons. The Morgan fingerprint density at radius 2 is 1.83 bits per heavy atom. The second kappa shape index (κ2) is 8.76. The number of Topliss-reactive ketones (excluding diaryl/α,β-unsaturated/α-hetero) is 1. The normalized spacial score (nSPS) is 17.2. The van der Waals surface area contributed by atoms with E-state index in [1.807, 2.05) is 0 Å². The molecule has 1 aromatic carbocycles. The van der Waals surface area contributed by atoms with Crippen LogP contribution in [0.25, 0.3) is 0 Å². The summed E-state index contributed by atoms with van der Waals surface area (Å²) in [7, 11) is -3.96. The Kier molecular flexibility index (Phi) is 6.78. The van der Waals surface area contributed by atoms with Crippen molar-refractivity contribution in [2.75, 3.05) is 5.75 Å². The highest BCUT2D eigenvalue weighted by Crippen LogP contribution is 2.39. The van der Waals surface area contributed by atoms with Crippen molar-refractivity contribution in [3.63, 3.8) is 0 Å². The molecular weight excluding hydrogens is 414 g/mol. The van der Waals surface area contributed by atoms with Gasteiger partial charge < -0.3 is 10.4 Å². The third-order valence-electron chi connectivity index (χ3n) is 4.44. The molecule has 0 saturated carbocycles. The van der Waals surface area contributed by atoms with Crippen molar-refractivity contribution >= 4 is 27.5 Å². The van der Waals surface area contributed by atoms with Crippen molar-refractivity contribution in [3.05, 3.63) is 62.5 Å². The molecule has 0 aliphatic carbocycles. The van der Waals surface area contributed by atoms with E-state index >= 15 is 0 Å². The highest BCUT2D eigenvalue weighted by molar-refractivity contribution is 7.90. The van der Waals surface area contributed by atoms with Crippen LogP contribution < -0.4 is 10.0 Å². The molecule has 0 fully saturated rings. The number of sulfonamides is 1. The summed E-state index contributed by atoms with van der Waals surface area (Å²) in [6.45, 7) is 6.25. The van der Waals surface area contributed by atoms with Crippen molar-refractivity contribution in [1.29, 1.82) is 0 Å². The van der Waals surface area contributed by atoms with Crippen LogP contribution in [0.15, 0.2) is 46.8 Å². The molecule has 11 heteroatoms. The number of carbonyl (C=O) groups excluding carboxylic acids is 1. The van der Waals surface area contributed by atoms with Crippen LogP contribution in [0.2, 0.25) is 0 Å². The summed E-state index contributed by atoms with van der Waals surface area (Å²) in [4.78, 5) is 35.5. The van der Waals surface area contributed by atoms with Gasteiger partial charge in [0.15, 0.2) is 5.78 Å². The van der Waals surface area contributed by atoms with E-state index in [9.17, 15) is 33.2 Å². The van der Waals surface area contributed by atoms with E-state index in [4.69, 9.17) is 0 Å². The molecule has 1 aliphatic heterocycles. The van der Waals surface area contributed by atoms with Gasteiger partial charge in [0.25, 0.3) is 5.69 Å². The summed E-state index contributed by atoms with van der Waals surface area (Å²) < 4.78 is 26.9. The average molecular weight is 437 g/mol. The molecule has 1 atom stereocenters. The Morgan fingerprint density at radius 1 is 1.23 bits per heavy atom. The predicted octanol–water partition coefficient (Wildman–Crippen LogP) is 1.81. The number of hydrogen-bond acceptors (Lipinski definition) is 7. The van der Waals surface area contributed by atoms with Crippen LogP contribution in [0.5, 0.6) is 0 Å². The molecule has 0 aromatic heterocycles. The highest BCUT2D eigenvalue weighted by Gasteiger charge is 2.38. The number of non-ortho nitro benzene ring substituents is 1. The number of carbonyl (C=O) groups is 2. The summed E-state index contributed by atoms with van der Waals surface area (Å²) in [5.74, 6) is -4.16. The number of rotatable bonds is 8. The maximum Gasteiger partial charge on any atom is 0.334 e. The van der Waals surface area contributed by atoms with E-state index in [0.717, 1.165) is 0 Å². The Hall–Kier alpha value is -3.05. The molecule has 0 amide bonds. The van der Waals surface area contributed by atoms with Gasteiger partial charge in [-0.1, -0.05) is 12.1 Å². The Bertz CT molecular complexity index is 1070. The van der Waals surface area contributed by atoms with Gasteiger partial charge in [0.2, 0.25) is 10.0 Å². The lowest BCUT2D eigenvalue weighted by Gasteiger charge is -2.30. The summed E-state index contributed by atoms with van der Waals surface area (Å²) in [5, 5.41) is 23.8. The first-order valence-corrected chi connectivity index (χ1v) is 10.7. The van der Waals surface area contributed by atoms with Crippen LogP contribution in [0.4, 0.5) is 5.69 Å². The maximum absolute atomic E-state index is 13.0. The zero-order chi connectivity index (χ0) is 22.8. The molecule has 10 nitrogen and oxygen atoms in total. The minimum Gasteiger partial charge on any atom is -0.478 e. The smallest absolute Gasteiger partial charge is 0.334 e. The first-order valence-electron chi connectivity index (χ1n) is 9.03. The van der Waals surface area contributed by atoms with E-state index in [0.29, 0.717) is 5.70 Å². The van der Waals surface area contributed by atoms with E-state index in [1.54, 1.807) is 13.8 Å². The Morgan fingerprint density at radius 3 is 2.37 bits per heavy atom. The lowest BCUT2D eigenvalue weighted by Crippen LogP contribution is -2.38. The molecule has 0 spiro atoms. The number of nitro groups is 1. The van der Waals surface area contributed by atoms with E-state index in [2.05, 4.69) is 10.0 Å². The van der Waals surface area contributed by atoms with Gasteiger partial charge in [0.05, 0.1) is 10.5 Å². The van der Waals surface area contributed by atoms with Crippen molar-refractivity contribution in [2.45, 2.75) is 39.7 Å². The number of dihydropyridines is 1. The monoisotopic (exact) mass is 437 g/mol. The van der Waals surface area contributed by atoms with Crippen molar-refractivity contribution in [3.8, 4) is 0 Å². The molecular formula is C19H23N3O7S. The number of hydrogen-bond donors (Lipinski definition) is 3. The van der Waals surface area contributed by atoms with Crippen LogP contribution in [-0.4, -0.2) is 42.0 Å². The van der Waals surface area contributed by atoms with Crippen molar-refractivity contribution in [1.82, 2.24) is 10.0 Å². The fraction of sp³-hybridized carbons (Fsp3) is 0.368. The predicted molar refractivity (Wildman–Crippen MR) is 109 cm³/mol. The number of allylic oxidation sites excluding steroid dienone is 3. The van der Waals surface area contributed by atoms with E-state index < -0.39 is 44.4 Å². The molecule has 30 heavy (non-hydrogen) atoms. The molecule has 3 N–H and O–H groups in total. The molecule has 2 rings (SSSR count). The molecule has 0 bridgehead atoms. The van der Waals surface area contributed by atoms with Gasteiger partial charge in [-0.05, 0) is 33.3 Å². The maximum atomic E-state index is 13.0. The number of carboxylic acid groups (broad SMARTS) is 1. The molecule has 1 aliphatic rings. The number of carboxylic acids is 1. The summed E-state index contributed by atoms with van der Waals surface area (Å²) in [6, 6.07) is 4.87. The summed E-state index contributed by atoms with van der Waals surface area (Å²) in [6.07, 6.45) is 0. The fourth-order valence-corrected chi connectivity index (χ4v) is 4.75. The number of aliphatic carboxylic acids is 1. The van der Waals surface area contributed by atoms with Crippen molar-refractivity contribution in [2.24, 2.45) is 0 Å². The second-order valence-corrected chi connectivity index (χ2v) is 9.00. The standard InChI is InChI=1S/C19H23N3O7S/c1-10(2)21-30(28,29)9-15(23)16-11(3)20-12(4)17(19(24)25)18(16)13-6-5-7-14(8-13)22(26)27/h5-8,10,18,20-21H,9H2,1-4H3,(H,24,25)/t18-/m1/s1. The topological polar surface area (TPSA) is 156 Å². The van der Waals surface area contributed by atoms with E-state index in [-0.39, 0.29) is 28.1 Å². The number of nitrogens with zero attached hydrogens (tertiary/aromatic N) is 1. The van der Waals surface area contributed by atoms with Gasteiger partial charge in [0, 0.05) is 41.1 Å². The lowest BCUT2D eigenvalue weighted by molar-refractivity contribution is -0.384. The number of benzene rings is 1. The van der Waals surface area contributed by atoms with Crippen LogP contribution in [0.1, 0.15) is 39.2 Å². The first kappa shape index (κ1) is 23.2. The summed E-state index contributed by atoms with van der Waals surface area (Å²) >= 11 is 0. The summed E-state index contributed by atoms with van der Waals surface area (Å²) in [5.41, 5.74) is 0.243. The number of nitro benzene ring substituents is 1. The van der Waals surface area contributed by atoms with Gasteiger partial charge >= 0.3 is 5.97 Å². The zero-order valence-corrected chi connectivity index (χ0v) is 17.7. The second-order valence-electron chi connectivity index (χ2n) is 7.25. The fourth-order valence-electron chi connectivity index (χ4n) is 3.45. The molecule has 0 saturated heterocycles. The minimum atomic E-state index is -3.96. The van der Waals surface area contributed by atoms with Crippen LogP contribution in [0.3, 0.4) is 0 Å². The number of ketones is 1. The number of nitrogens with one attached hydrogen (secondary N) is 2. The SMILES string of the molecule is CC1=C(C(=O)O)[C@H](c2cccc([N+](=O)[O-])c2)C(C(=O)CS(=O)(=O)NC(C)C)=C(C)N1. The quantitative estimate of drug-likeness (QED) is 0.411. The molecule has 0 unspecified atom stereocenters. The van der Waals surface area contributed by atoms with Gasteiger partial charge in [-0.2, -0.15) is 0 Å². The van der Waals surface area contributed by atoms with Gasteiger partial charge in [0.1, 0.15) is 5.75 Å². The largest absolute Gasteiger partial charge is 0.478 e. The zero-order valence-electron chi connectivity index (χ0n) is 16.9. The Labute approximate surface area is 173 Å². The van der Waals surface area contributed by atoms with Crippen LogP contribution in [0, 0.1) is 10.1 Å². The molecule has 1 heterocycles.